The van der Waals surface area contributed by atoms with Crippen molar-refractivity contribution in [1.82, 2.24) is 0 Å². The molecule has 0 aliphatic carbocycles. The van der Waals surface area contributed by atoms with Gasteiger partial charge in [0.1, 0.15) is 10.7 Å². The molecule has 0 N–H and O–H groups in total. The fourth-order valence-electron chi connectivity index (χ4n) is 2.97. The maximum atomic E-state index is 14.5. The number of ether oxygens (including phenoxy) is 2. The van der Waals surface area contributed by atoms with Crippen molar-refractivity contribution >= 4 is 15.7 Å². The summed E-state index contributed by atoms with van der Waals surface area (Å²) in [5.74, 6) is -3.50. The van der Waals surface area contributed by atoms with Crippen LogP contribution in [0.2, 0.25) is 0 Å². The molecule has 0 aromatic heterocycles. The van der Waals surface area contributed by atoms with Crippen molar-refractivity contribution in [1.29, 1.82) is 0 Å². The number of anilines is 1. The van der Waals surface area contributed by atoms with Crippen LogP contribution in [0.4, 0.5) is 18.9 Å². The standard InChI is InChI=1S/C17H16F3NO4S/c1-24-13-8-12(19)15(9-14(13)25-2)26(22,23)21-7-3-4-10-5-6-11(18)16(20)17(10)21/h5-6,8-9H,3-4,7H2,1-2H3. The average molecular weight is 387 g/mol. The third-order valence-electron chi connectivity index (χ3n) is 4.22. The van der Waals surface area contributed by atoms with Crippen molar-refractivity contribution in [3.63, 3.8) is 0 Å². The Morgan fingerprint density at radius 3 is 2.31 bits per heavy atom. The number of sulfonamides is 1. The molecule has 0 atom stereocenters. The van der Waals surface area contributed by atoms with Crippen LogP contribution in [0.5, 0.6) is 11.5 Å². The summed E-state index contributed by atoms with van der Waals surface area (Å²) in [5, 5.41) is 0. The summed E-state index contributed by atoms with van der Waals surface area (Å²) in [6.07, 6.45) is 0.791. The van der Waals surface area contributed by atoms with Crippen molar-refractivity contribution < 1.29 is 31.1 Å². The number of halogens is 3. The maximum absolute atomic E-state index is 14.5. The van der Waals surface area contributed by atoms with E-state index in [-0.39, 0.29) is 23.7 Å². The van der Waals surface area contributed by atoms with Crippen molar-refractivity contribution in [2.24, 2.45) is 0 Å². The molecular weight excluding hydrogens is 371 g/mol. The summed E-state index contributed by atoms with van der Waals surface area (Å²) in [6, 6.07) is 4.12. The van der Waals surface area contributed by atoms with E-state index < -0.39 is 32.4 Å². The van der Waals surface area contributed by atoms with Crippen LogP contribution in [0.15, 0.2) is 29.2 Å². The summed E-state index contributed by atoms with van der Waals surface area (Å²) >= 11 is 0. The van der Waals surface area contributed by atoms with E-state index in [4.69, 9.17) is 9.47 Å². The van der Waals surface area contributed by atoms with Gasteiger partial charge in [0.15, 0.2) is 23.1 Å². The molecule has 0 radical (unpaired) electrons. The van der Waals surface area contributed by atoms with Gasteiger partial charge in [-0.25, -0.2) is 21.6 Å². The zero-order valence-corrected chi connectivity index (χ0v) is 14.9. The minimum Gasteiger partial charge on any atom is -0.493 e. The van der Waals surface area contributed by atoms with Gasteiger partial charge in [-0.05, 0) is 24.5 Å². The molecule has 1 aliphatic rings. The van der Waals surface area contributed by atoms with Gasteiger partial charge in [0, 0.05) is 18.7 Å². The predicted molar refractivity (Wildman–Crippen MR) is 88.7 cm³/mol. The fraction of sp³-hybridized carbons (Fsp3) is 0.294. The highest BCUT2D eigenvalue weighted by atomic mass is 32.2. The number of rotatable bonds is 4. The molecule has 0 saturated carbocycles. The zero-order chi connectivity index (χ0) is 19.1. The van der Waals surface area contributed by atoms with Gasteiger partial charge in [-0.3, -0.25) is 4.31 Å². The van der Waals surface area contributed by atoms with Gasteiger partial charge in [0.2, 0.25) is 0 Å². The first-order chi connectivity index (χ1) is 12.3. The molecule has 140 valence electrons. The first-order valence-electron chi connectivity index (χ1n) is 7.72. The number of nitrogens with zero attached hydrogens (tertiary/aromatic N) is 1. The van der Waals surface area contributed by atoms with Crippen molar-refractivity contribution in [3.05, 3.63) is 47.3 Å². The van der Waals surface area contributed by atoms with Crippen LogP contribution in [-0.4, -0.2) is 29.2 Å². The lowest BCUT2D eigenvalue weighted by Gasteiger charge is -2.31. The minimum atomic E-state index is -4.49. The second-order valence-electron chi connectivity index (χ2n) is 5.69. The quantitative estimate of drug-likeness (QED) is 0.808. The lowest BCUT2D eigenvalue weighted by Crippen LogP contribution is -2.37. The van der Waals surface area contributed by atoms with Crippen LogP contribution in [0.1, 0.15) is 12.0 Å². The van der Waals surface area contributed by atoms with Crippen LogP contribution >= 0.6 is 0 Å². The van der Waals surface area contributed by atoms with Crippen LogP contribution in [-0.2, 0) is 16.4 Å². The SMILES string of the molecule is COc1cc(F)c(S(=O)(=O)N2CCCc3ccc(F)c(F)c32)cc1OC. The minimum absolute atomic E-state index is 0.00409. The number of fused-ring (bicyclic) bond motifs is 1. The molecule has 0 amide bonds. The van der Waals surface area contributed by atoms with Gasteiger partial charge in [0.05, 0.1) is 19.9 Å². The molecule has 2 aromatic carbocycles. The molecule has 0 bridgehead atoms. The second-order valence-corrected chi connectivity index (χ2v) is 7.52. The molecule has 2 aromatic rings. The molecule has 0 fully saturated rings. The first kappa shape index (κ1) is 18.4. The largest absolute Gasteiger partial charge is 0.493 e. The monoisotopic (exact) mass is 387 g/mol. The third-order valence-corrected chi connectivity index (χ3v) is 6.03. The fourth-order valence-corrected chi connectivity index (χ4v) is 4.57. The van der Waals surface area contributed by atoms with Gasteiger partial charge >= 0.3 is 0 Å². The van der Waals surface area contributed by atoms with Gasteiger partial charge in [-0.2, -0.15) is 0 Å². The summed E-state index contributed by atoms with van der Waals surface area (Å²) < 4.78 is 79.1. The zero-order valence-electron chi connectivity index (χ0n) is 14.1. The number of benzene rings is 2. The van der Waals surface area contributed by atoms with Gasteiger partial charge in [0.25, 0.3) is 10.0 Å². The Morgan fingerprint density at radius 1 is 1.00 bits per heavy atom. The van der Waals surface area contributed by atoms with Crippen LogP contribution in [0, 0.1) is 17.5 Å². The number of aryl methyl sites for hydroxylation is 1. The Kier molecular flexibility index (Phi) is 4.74. The van der Waals surface area contributed by atoms with E-state index in [0.29, 0.717) is 22.7 Å². The lowest BCUT2D eigenvalue weighted by molar-refractivity contribution is 0.350. The van der Waals surface area contributed by atoms with Crippen LogP contribution < -0.4 is 13.8 Å². The Hall–Kier alpha value is -2.42. The van der Waals surface area contributed by atoms with E-state index in [2.05, 4.69) is 0 Å². The molecule has 26 heavy (non-hydrogen) atoms. The Bertz CT molecular complexity index is 963. The number of hydrogen-bond acceptors (Lipinski definition) is 4. The lowest BCUT2D eigenvalue weighted by atomic mass is 10.0. The smallest absolute Gasteiger partial charge is 0.267 e. The van der Waals surface area contributed by atoms with Crippen LogP contribution in [0.3, 0.4) is 0 Å². The second kappa shape index (κ2) is 6.71. The molecule has 1 aliphatic heterocycles. The molecular formula is C17H16F3NO4S. The molecule has 9 heteroatoms. The van der Waals surface area contributed by atoms with Crippen molar-refractivity contribution in [2.45, 2.75) is 17.7 Å². The van der Waals surface area contributed by atoms with E-state index in [0.717, 1.165) is 18.2 Å². The van der Waals surface area contributed by atoms with Crippen LogP contribution in [0.25, 0.3) is 0 Å². The Balaban J connectivity index is 2.19. The van der Waals surface area contributed by atoms with Gasteiger partial charge in [-0.1, -0.05) is 6.07 Å². The summed E-state index contributed by atoms with van der Waals surface area (Å²) in [7, 11) is -1.93. The molecule has 1 heterocycles. The normalized spacial score (nSPS) is 14.1. The summed E-state index contributed by atoms with van der Waals surface area (Å²) in [6.45, 7) is -0.0938. The molecule has 3 rings (SSSR count). The van der Waals surface area contributed by atoms with E-state index in [9.17, 15) is 21.6 Å². The number of hydrogen-bond donors (Lipinski definition) is 0. The van der Waals surface area contributed by atoms with Crippen molar-refractivity contribution in [2.75, 3.05) is 25.1 Å². The molecule has 0 saturated heterocycles. The average Bonchev–Trinajstić information content (AvgIpc) is 2.63. The molecule has 5 nitrogen and oxygen atoms in total. The Labute approximate surface area is 149 Å². The molecule has 0 unspecified atom stereocenters. The predicted octanol–water partition coefficient (Wildman–Crippen LogP) is 3.26. The molecule has 0 spiro atoms. The van der Waals surface area contributed by atoms with Gasteiger partial charge < -0.3 is 9.47 Å². The highest BCUT2D eigenvalue weighted by Gasteiger charge is 2.35. The van der Waals surface area contributed by atoms with E-state index >= 15 is 0 Å². The van der Waals surface area contributed by atoms with E-state index in [1.807, 2.05) is 0 Å². The third kappa shape index (κ3) is 2.86. The highest BCUT2D eigenvalue weighted by Crippen LogP contribution is 2.38. The highest BCUT2D eigenvalue weighted by molar-refractivity contribution is 7.92. The first-order valence-corrected chi connectivity index (χ1v) is 9.16. The van der Waals surface area contributed by atoms with Gasteiger partial charge in [-0.15, -0.1) is 0 Å². The number of methoxy groups -OCH3 is 2. The van der Waals surface area contributed by atoms with Crippen molar-refractivity contribution in [3.8, 4) is 11.5 Å². The summed E-state index contributed by atoms with van der Waals surface area (Å²) in [4.78, 5) is -0.702. The van der Waals surface area contributed by atoms with E-state index in [1.54, 1.807) is 0 Å². The summed E-state index contributed by atoms with van der Waals surface area (Å²) in [5.41, 5.74) is -0.0370. The maximum Gasteiger partial charge on any atom is 0.267 e. The van der Waals surface area contributed by atoms with E-state index in [1.165, 1.54) is 20.3 Å². The Morgan fingerprint density at radius 2 is 1.65 bits per heavy atom. The topological polar surface area (TPSA) is 55.8 Å².